The van der Waals surface area contributed by atoms with Gasteiger partial charge in [0, 0.05) is 13.1 Å². The van der Waals surface area contributed by atoms with Crippen molar-refractivity contribution in [2.75, 3.05) is 13.2 Å². The van der Waals surface area contributed by atoms with Crippen molar-refractivity contribution in [3.8, 4) is 11.8 Å². The Balaban J connectivity index is 1.84. The molecule has 5 heteroatoms. The van der Waals surface area contributed by atoms with Gasteiger partial charge in [0.2, 0.25) is 5.91 Å². The van der Waals surface area contributed by atoms with Crippen molar-refractivity contribution in [1.82, 2.24) is 10.6 Å². The molecule has 1 fully saturated rings. The molecule has 1 aromatic carbocycles. The molecule has 1 atom stereocenters. The van der Waals surface area contributed by atoms with Gasteiger partial charge in [-0.1, -0.05) is 12.1 Å². The van der Waals surface area contributed by atoms with Crippen LogP contribution in [0, 0.1) is 11.3 Å². The first kappa shape index (κ1) is 14.4. The molecule has 1 saturated heterocycles. The van der Waals surface area contributed by atoms with Gasteiger partial charge in [0.05, 0.1) is 6.04 Å². The molecule has 0 aromatic heterocycles. The lowest BCUT2D eigenvalue weighted by atomic mass is 10.1. The van der Waals surface area contributed by atoms with Crippen LogP contribution in [0.1, 0.15) is 24.8 Å². The van der Waals surface area contributed by atoms with Gasteiger partial charge in [0.1, 0.15) is 11.8 Å². The summed E-state index contributed by atoms with van der Waals surface area (Å²) in [6.45, 7) is 1.48. The van der Waals surface area contributed by atoms with E-state index in [1.54, 1.807) is 0 Å². The summed E-state index contributed by atoms with van der Waals surface area (Å²) in [5.41, 5.74) is 1.09. The molecule has 20 heavy (non-hydrogen) atoms. The summed E-state index contributed by atoms with van der Waals surface area (Å²) in [7, 11) is 0. The summed E-state index contributed by atoms with van der Waals surface area (Å²) in [5, 5.41) is 14.6. The van der Waals surface area contributed by atoms with Crippen LogP contribution in [0.3, 0.4) is 0 Å². The molecule has 0 bridgehead atoms. The Morgan fingerprint density at radius 3 is 2.90 bits per heavy atom. The number of amides is 1. The first-order chi connectivity index (χ1) is 9.79. The molecule has 106 valence electrons. The van der Waals surface area contributed by atoms with Crippen LogP contribution in [0.2, 0.25) is 0 Å². The molecular formula is C15H19N3O2. The van der Waals surface area contributed by atoms with Crippen LogP contribution in [0.15, 0.2) is 24.3 Å². The summed E-state index contributed by atoms with van der Waals surface area (Å²) in [5.74, 6) is 0.777. The van der Waals surface area contributed by atoms with Crippen LogP contribution < -0.4 is 15.4 Å². The Morgan fingerprint density at radius 1 is 1.35 bits per heavy atom. The van der Waals surface area contributed by atoms with Crippen LogP contribution in [-0.2, 0) is 11.3 Å². The molecule has 2 rings (SSSR count). The van der Waals surface area contributed by atoms with Gasteiger partial charge in [-0.05, 0) is 37.0 Å². The normalized spacial score (nSPS) is 18.8. The smallest absolute Gasteiger partial charge is 0.237 e. The molecule has 0 aliphatic carbocycles. The van der Waals surface area contributed by atoms with Crippen molar-refractivity contribution in [2.45, 2.75) is 31.8 Å². The third-order valence-corrected chi connectivity index (χ3v) is 3.31. The Hall–Kier alpha value is -2.06. The van der Waals surface area contributed by atoms with E-state index in [9.17, 15) is 4.79 Å². The number of carbonyl (C=O) groups excluding carboxylic acids is 1. The lowest BCUT2D eigenvalue weighted by Gasteiger charge is -2.15. The number of ether oxygens (including phenoxy) is 1. The monoisotopic (exact) mass is 273 g/mol. The van der Waals surface area contributed by atoms with Crippen molar-refractivity contribution in [1.29, 1.82) is 5.26 Å². The molecule has 5 nitrogen and oxygen atoms in total. The number of carbonyl (C=O) groups is 1. The van der Waals surface area contributed by atoms with Crippen molar-refractivity contribution >= 4 is 5.91 Å². The number of hydrogen-bond donors (Lipinski definition) is 2. The Bertz CT molecular complexity index is 479. The zero-order valence-electron chi connectivity index (χ0n) is 11.4. The maximum atomic E-state index is 11.8. The summed E-state index contributed by atoms with van der Waals surface area (Å²) >= 11 is 0. The van der Waals surface area contributed by atoms with Crippen LogP contribution in [0.4, 0.5) is 0 Å². The number of nitrogens with one attached hydrogen (secondary N) is 2. The Labute approximate surface area is 118 Å². The largest absolute Gasteiger partial charge is 0.479 e. The average molecular weight is 273 g/mol. The molecule has 0 spiro atoms. The zero-order valence-corrected chi connectivity index (χ0v) is 11.4. The lowest BCUT2D eigenvalue weighted by Crippen LogP contribution is -2.42. The second kappa shape index (κ2) is 7.51. The van der Waals surface area contributed by atoms with Crippen LogP contribution >= 0.6 is 0 Å². The summed E-state index contributed by atoms with van der Waals surface area (Å²) in [4.78, 5) is 11.8. The minimum Gasteiger partial charge on any atom is -0.479 e. The van der Waals surface area contributed by atoms with Gasteiger partial charge in [-0.2, -0.15) is 5.26 Å². The van der Waals surface area contributed by atoms with Crippen molar-refractivity contribution in [2.24, 2.45) is 0 Å². The summed E-state index contributed by atoms with van der Waals surface area (Å²) in [6, 6.07) is 9.37. The molecule has 2 N–H and O–H groups in total. The van der Waals surface area contributed by atoms with E-state index in [1.165, 1.54) is 0 Å². The third-order valence-electron chi connectivity index (χ3n) is 3.31. The topological polar surface area (TPSA) is 74.2 Å². The fourth-order valence-corrected chi connectivity index (χ4v) is 2.19. The fourth-order valence-electron chi connectivity index (χ4n) is 2.19. The highest BCUT2D eigenvalue weighted by molar-refractivity contribution is 5.81. The quantitative estimate of drug-likeness (QED) is 0.849. The molecule has 1 unspecified atom stereocenters. The minimum absolute atomic E-state index is 0.0554. The highest BCUT2D eigenvalue weighted by Gasteiger charge is 2.19. The van der Waals surface area contributed by atoms with Gasteiger partial charge in [0.15, 0.2) is 6.61 Å². The van der Waals surface area contributed by atoms with Gasteiger partial charge < -0.3 is 15.4 Å². The lowest BCUT2D eigenvalue weighted by molar-refractivity contribution is -0.122. The Morgan fingerprint density at radius 2 is 2.15 bits per heavy atom. The van der Waals surface area contributed by atoms with Crippen molar-refractivity contribution < 1.29 is 9.53 Å². The second-order valence-corrected chi connectivity index (χ2v) is 4.81. The molecule has 0 radical (unpaired) electrons. The minimum atomic E-state index is -0.105. The highest BCUT2D eigenvalue weighted by Crippen LogP contribution is 2.13. The van der Waals surface area contributed by atoms with E-state index in [0.29, 0.717) is 12.3 Å². The van der Waals surface area contributed by atoms with Crippen LogP contribution in [0.25, 0.3) is 0 Å². The van der Waals surface area contributed by atoms with E-state index in [4.69, 9.17) is 10.00 Å². The predicted octanol–water partition coefficient (Wildman–Crippen LogP) is 1.35. The van der Waals surface area contributed by atoms with Gasteiger partial charge >= 0.3 is 0 Å². The standard InChI is InChI=1S/C15H19N3O2/c16-8-10-20-13-6-4-12(5-7-13)11-18-14-3-1-2-9-17-15(14)19/h4-7,14,18H,1-3,9-11H2,(H,17,19). The first-order valence-electron chi connectivity index (χ1n) is 6.89. The zero-order chi connectivity index (χ0) is 14.2. The molecule has 1 aromatic rings. The first-order valence-corrected chi connectivity index (χ1v) is 6.89. The van der Waals surface area contributed by atoms with E-state index < -0.39 is 0 Å². The predicted molar refractivity (Wildman–Crippen MR) is 75.0 cm³/mol. The van der Waals surface area contributed by atoms with E-state index in [-0.39, 0.29) is 18.6 Å². The SMILES string of the molecule is N#CCOc1ccc(CNC2CCCCNC2=O)cc1. The highest BCUT2D eigenvalue weighted by atomic mass is 16.5. The third kappa shape index (κ3) is 4.25. The number of nitrogens with zero attached hydrogens (tertiary/aromatic N) is 1. The van der Waals surface area contributed by atoms with Crippen molar-refractivity contribution in [3.05, 3.63) is 29.8 Å². The van der Waals surface area contributed by atoms with E-state index in [2.05, 4.69) is 10.6 Å². The number of nitriles is 1. The van der Waals surface area contributed by atoms with E-state index >= 15 is 0 Å². The Kier molecular flexibility index (Phi) is 5.39. The molecule has 1 amide bonds. The second-order valence-electron chi connectivity index (χ2n) is 4.81. The molecule has 0 saturated carbocycles. The molecule has 1 aliphatic heterocycles. The molecular weight excluding hydrogens is 254 g/mol. The van der Waals surface area contributed by atoms with Gasteiger partial charge in [0.25, 0.3) is 0 Å². The van der Waals surface area contributed by atoms with Gasteiger partial charge in [-0.3, -0.25) is 4.79 Å². The fraction of sp³-hybridized carbons (Fsp3) is 0.467. The molecule has 1 aliphatic rings. The van der Waals surface area contributed by atoms with Gasteiger partial charge in [-0.25, -0.2) is 0 Å². The number of benzene rings is 1. The van der Waals surface area contributed by atoms with Crippen LogP contribution in [-0.4, -0.2) is 25.1 Å². The van der Waals surface area contributed by atoms with E-state index in [0.717, 1.165) is 31.4 Å². The maximum absolute atomic E-state index is 11.8. The summed E-state index contributed by atoms with van der Waals surface area (Å²) in [6.07, 6.45) is 3.00. The maximum Gasteiger partial charge on any atom is 0.237 e. The van der Waals surface area contributed by atoms with Crippen LogP contribution in [0.5, 0.6) is 5.75 Å². The summed E-state index contributed by atoms with van der Waals surface area (Å²) < 4.78 is 5.19. The number of hydrogen-bond acceptors (Lipinski definition) is 4. The molecule has 1 heterocycles. The van der Waals surface area contributed by atoms with E-state index in [1.807, 2.05) is 30.3 Å². The van der Waals surface area contributed by atoms with Gasteiger partial charge in [-0.15, -0.1) is 0 Å². The average Bonchev–Trinajstić information content (AvgIpc) is 2.68. The van der Waals surface area contributed by atoms with Crippen molar-refractivity contribution in [3.63, 3.8) is 0 Å². The number of rotatable bonds is 5.